The molecule has 1 heterocycles. The van der Waals surface area contributed by atoms with Crippen LogP contribution in [0.4, 0.5) is 11.6 Å². The van der Waals surface area contributed by atoms with Gasteiger partial charge in [-0.15, -0.1) is 0 Å². The smallest absolute Gasteiger partial charge is 0.134 e. The number of nitrogens with two attached hydrogens (primary N) is 1. The van der Waals surface area contributed by atoms with Gasteiger partial charge in [0.2, 0.25) is 0 Å². The topological polar surface area (TPSA) is 63.8 Å². The van der Waals surface area contributed by atoms with Crippen molar-refractivity contribution in [1.29, 1.82) is 0 Å². The summed E-state index contributed by atoms with van der Waals surface area (Å²) >= 11 is 0. The number of aryl methyl sites for hydroxylation is 1. The van der Waals surface area contributed by atoms with E-state index in [9.17, 15) is 0 Å². The van der Waals surface area contributed by atoms with Crippen LogP contribution in [0.25, 0.3) is 0 Å². The second-order valence-corrected chi connectivity index (χ2v) is 5.78. The summed E-state index contributed by atoms with van der Waals surface area (Å²) in [7, 11) is 0. The molecular formula is C15H26N4. The molecular weight excluding hydrogens is 236 g/mol. The maximum atomic E-state index is 5.90. The zero-order valence-electron chi connectivity index (χ0n) is 12.4. The fraction of sp³-hybridized carbons (Fsp3) is 0.733. The number of aromatic nitrogens is 2. The third kappa shape index (κ3) is 3.58. The van der Waals surface area contributed by atoms with Crippen molar-refractivity contribution in [2.75, 3.05) is 11.1 Å². The maximum absolute atomic E-state index is 5.90. The van der Waals surface area contributed by atoms with E-state index >= 15 is 0 Å². The summed E-state index contributed by atoms with van der Waals surface area (Å²) in [5, 5.41) is 3.56. The van der Waals surface area contributed by atoms with Crippen LogP contribution < -0.4 is 11.1 Å². The van der Waals surface area contributed by atoms with Gasteiger partial charge in [0, 0.05) is 11.6 Å². The number of nitrogens with zero attached hydrogens (tertiary/aromatic N) is 2. The first-order valence-corrected chi connectivity index (χ1v) is 7.47. The summed E-state index contributed by atoms with van der Waals surface area (Å²) in [5.41, 5.74) is 6.87. The minimum atomic E-state index is 0.542. The largest absolute Gasteiger partial charge is 0.383 e. The van der Waals surface area contributed by atoms with Crippen LogP contribution in [-0.4, -0.2) is 16.0 Å². The van der Waals surface area contributed by atoms with E-state index in [1.54, 1.807) is 0 Å². The van der Waals surface area contributed by atoms with Gasteiger partial charge in [-0.25, -0.2) is 9.97 Å². The van der Waals surface area contributed by atoms with Crippen molar-refractivity contribution in [3.05, 3.63) is 11.4 Å². The minimum Gasteiger partial charge on any atom is -0.383 e. The first-order valence-electron chi connectivity index (χ1n) is 7.47. The SMILES string of the molecule is CCCC1CCC(Nc2nc(C)nc(N)c2C)CC1. The van der Waals surface area contributed by atoms with Crippen LogP contribution in [-0.2, 0) is 0 Å². The first kappa shape index (κ1) is 14.1. The van der Waals surface area contributed by atoms with E-state index in [2.05, 4.69) is 22.2 Å². The average molecular weight is 262 g/mol. The average Bonchev–Trinajstić information content (AvgIpc) is 2.38. The molecule has 4 heteroatoms. The number of hydrogen-bond donors (Lipinski definition) is 2. The molecule has 3 N–H and O–H groups in total. The van der Waals surface area contributed by atoms with Crippen molar-refractivity contribution in [2.24, 2.45) is 5.92 Å². The molecule has 0 bridgehead atoms. The number of rotatable bonds is 4. The van der Waals surface area contributed by atoms with Crippen molar-refractivity contribution in [3.8, 4) is 0 Å². The highest BCUT2D eigenvalue weighted by Gasteiger charge is 2.21. The maximum Gasteiger partial charge on any atom is 0.134 e. The standard InChI is InChI=1S/C15H26N4/c1-4-5-12-6-8-13(9-7-12)19-15-10(2)14(16)17-11(3)18-15/h12-13H,4-9H2,1-3H3,(H3,16,17,18,19). The van der Waals surface area contributed by atoms with Crippen LogP contribution >= 0.6 is 0 Å². The number of nitrogens with one attached hydrogen (secondary N) is 1. The van der Waals surface area contributed by atoms with Gasteiger partial charge >= 0.3 is 0 Å². The third-order valence-electron chi connectivity index (χ3n) is 4.18. The number of nitrogen functional groups attached to an aromatic ring is 1. The Morgan fingerprint density at radius 1 is 1.16 bits per heavy atom. The molecule has 1 saturated carbocycles. The lowest BCUT2D eigenvalue weighted by Crippen LogP contribution is -2.27. The molecule has 0 atom stereocenters. The minimum absolute atomic E-state index is 0.542. The Bertz CT molecular complexity index is 422. The van der Waals surface area contributed by atoms with Crippen molar-refractivity contribution in [2.45, 2.75) is 65.3 Å². The van der Waals surface area contributed by atoms with E-state index in [1.807, 2.05) is 13.8 Å². The second-order valence-electron chi connectivity index (χ2n) is 5.78. The van der Waals surface area contributed by atoms with Crippen molar-refractivity contribution < 1.29 is 0 Å². The summed E-state index contributed by atoms with van der Waals surface area (Å²) in [6, 6.07) is 0.542. The molecule has 0 aromatic carbocycles. The van der Waals surface area contributed by atoms with Crippen LogP contribution in [0.5, 0.6) is 0 Å². The van der Waals surface area contributed by atoms with Gasteiger partial charge in [-0.2, -0.15) is 0 Å². The van der Waals surface area contributed by atoms with Crippen LogP contribution in [0.2, 0.25) is 0 Å². The fourth-order valence-electron chi connectivity index (χ4n) is 2.99. The molecule has 1 aliphatic carbocycles. The van der Waals surface area contributed by atoms with Crippen molar-refractivity contribution in [1.82, 2.24) is 9.97 Å². The van der Waals surface area contributed by atoms with Crippen LogP contribution in [0.3, 0.4) is 0 Å². The lowest BCUT2D eigenvalue weighted by Gasteiger charge is -2.29. The highest BCUT2D eigenvalue weighted by atomic mass is 15.1. The van der Waals surface area contributed by atoms with E-state index in [-0.39, 0.29) is 0 Å². The van der Waals surface area contributed by atoms with E-state index in [4.69, 9.17) is 5.73 Å². The molecule has 0 radical (unpaired) electrons. The van der Waals surface area contributed by atoms with Gasteiger partial charge in [0.05, 0.1) is 0 Å². The Hall–Kier alpha value is -1.32. The Kier molecular flexibility index (Phi) is 4.61. The summed E-state index contributed by atoms with van der Waals surface area (Å²) in [6.45, 7) is 6.15. The quantitative estimate of drug-likeness (QED) is 0.872. The fourth-order valence-corrected chi connectivity index (χ4v) is 2.99. The van der Waals surface area contributed by atoms with Gasteiger partial charge in [0.1, 0.15) is 17.5 Å². The zero-order valence-corrected chi connectivity index (χ0v) is 12.4. The zero-order chi connectivity index (χ0) is 13.8. The Morgan fingerprint density at radius 2 is 1.84 bits per heavy atom. The van der Waals surface area contributed by atoms with Gasteiger partial charge in [-0.3, -0.25) is 0 Å². The molecule has 0 aliphatic heterocycles. The van der Waals surface area contributed by atoms with E-state index in [1.165, 1.54) is 38.5 Å². The molecule has 106 valence electrons. The predicted molar refractivity (Wildman–Crippen MR) is 80.2 cm³/mol. The Labute approximate surface area is 116 Å². The molecule has 1 aliphatic rings. The Morgan fingerprint density at radius 3 is 2.47 bits per heavy atom. The molecule has 19 heavy (non-hydrogen) atoms. The van der Waals surface area contributed by atoms with Gasteiger partial charge in [0.15, 0.2) is 0 Å². The summed E-state index contributed by atoms with van der Waals surface area (Å²) in [5.74, 6) is 3.19. The van der Waals surface area contributed by atoms with Crippen LogP contribution in [0.1, 0.15) is 56.8 Å². The van der Waals surface area contributed by atoms with Crippen LogP contribution in [0, 0.1) is 19.8 Å². The van der Waals surface area contributed by atoms with Crippen LogP contribution in [0.15, 0.2) is 0 Å². The summed E-state index contributed by atoms with van der Waals surface area (Å²) in [6.07, 6.45) is 7.85. The lowest BCUT2D eigenvalue weighted by atomic mass is 9.83. The molecule has 1 fully saturated rings. The monoisotopic (exact) mass is 262 g/mol. The molecule has 0 amide bonds. The molecule has 0 spiro atoms. The summed E-state index contributed by atoms with van der Waals surface area (Å²) in [4.78, 5) is 8.67. The third-order valence-corrected chi connectivity index (χ3v) is 4.18. The number of anilines is 2. The molecule has 4 nitrogen and oxygen atoms in total. The van der Waals surface area contributed by atoms with Gasteiger partial charge in [-0.1, -0.05) is 19.8 Å². The highest BCUT2D eigenvalue weighted by Crippen LogP contribution is 2.30. The van der Waals surface area contributed by atoms with Gasteiger partial charge in [-0.05, 0) is 45.4 Å². The van der Waals surface area contributed by atoms with Crippen molar-refractivity contribution in [3.63, 3.8) is 0 Å². The molecule has 1 aromatic heterocycles. The molecule has 2 rings (SSSR count). The van der Waals surface area contributed by atoms with E-state index in [0.717, 1.165) is 23.1 Å². The second kappa shape index (κ2) is 6.22. The predicted octanol–water partition coefficient (Wildman–Crippen LogP) is 3.45. The van der Waals surface area contributed by atoms with E-state index < -0.39 is 0 Å². The molecule has 0 unspecified atom stereocenters. The van der Waals surface area contributed by atoms with E-state index in [0.29, 0.717) is 11.9 Å². The lowest BCUT2D eigenvalue weighted by molar-refractivity contribution is 0.318. The summed E-state index contributed by atoms with van der Waals surface area (Å²) < 4.78 is 0. The van der Waals surface area contributed by atoms with Crippen molar-refractivity contribution >= 4 is 11.6 Å². The van der Waals surface area contributed by atoms with Gasteiger partial charge in [0.25, 0.3) is 0 Å². The Balaban J connectivity index is 1.96. The first-order chi connectivity index (χ1) is 9.10. The molecule has 1 aromatic rings. The normalized spacial score (nSPS) is 23.3. The van der Waals surface area contributed by atoms with Gasteiger partial charge < -0.3 is 11.1 Å². The number of hydrogen-bond acceptors (Lipinski definition) is 4. The molecule has 0 saturated heterocycles. The highest BCUT2D eigenvalue weighted by molar-refractivity contribution is 5.55.